The summed E-state index contributed by atoms with van der Waals surface area (Å²) in [5.74, 6) is -0.273. The molecule has 1 aliphatic heterocycles. The van der Waals surface area contributed by atoms with Crippen LogP contribution < -0.4 is 5.32 Å². The molecule has 98 valence electrons. The van der Waals surface area contributed by atoms with Crippen molar-refractivity contribution in [1.29, 1.82) is 0 Å². The van der Waals surface area contributed by atoms with Crippen molar-refractivity contribution in [2.24, 2.45) is 0 Å². The van der Waals surface area contributed by atoms with E-state index in [0.717, 1.165) is 23.0 Å². The van der Waals surface area contributed by atoms with Crippen molar-refractivity contribution in [3.63, 3.8) is 0 Å². The van der Waals surface area contributed by atoms with Crippen LogP contribution in [0.5, 0.6) is 0 Å². The molecule has 1 N–H and O–H groups in total. The van der Waals surface area contributed by atoms with Crippen molar-refractivity contribution in [3.8, 4) is 0 Å². The summed E-state index contributed by atoms with van der Waals surface area (Å²) >= 11 is 3.38. The van der Waals surface area contributed by atoms with Crippen LogP contribution in [0.4, 0.5) is 5.69 Å². The van der Waals surface area contributed by atoms with Gasteiger partial charge in [0.1, 0.15) is 0 Å². The summed E-state index contributed by atoms with van der Waals surface area (Å²) in [6, 6.07) is 7.70. The highest BCUT2D eigenvalue weighted by Crippen LogP contribution is 2.26. The van der Waals surface area contributed by atoms with Crippen LogP contribution in [0.25, 0.3) is 0 Å². The minimum atomic E-state index is -0.763. The number of esters is 1. The summed E-state index contributed by atoms with van der Waals surface area (Å²) in [7, 11) is 1.40. The minimum absolute atomic E-state index is 0.273. The number of hydrogen-bond donors (Lipinski definition) is 1. The molecule has 1 unspecified atom stereocenters. The smallest absolute Gasteiger partial charge is 0.333 e. The summed E-state index contributed by atoms with van der Waals surface area (Å²) in [5, 5.41) is 3.25. The number of ether oxygens (including phenoxy) is 2. The maximum atomic E-state index is 12.0. The second kappa shape index (κ2) is 5.71. The molecule has 1 fully saturated rings. The molecular weight excluding hydrogens is 298 g/mol. The molecule has 4 nitrogen and oxygen atoms in total. The lowest BCUT2D eigenvalue weighted by Gasteiger charge is -2.35. The molecule has 1 saturated heterocycles. The molecule has 1 atom stereocenters. The fourth-order valence-electron chi connectivity index (χ4n) is 2.11. The van der Waals surface area contributed by atoms with Crippen LogP contribution in [-0.4, -0.2) is 31.8 Å². The lowest BCUT2D eigenvalue weighted by atomic mass is 9.92. The highest BCUT2D eigenvalue weighted by molar-refractivity contribution is 9.10. The summed E-state index contributed by atoms with van der Waals surface area (Å²) < 4.78 is 11.3. The van der Waals surface area contributed by atoms with Crippen LogP contribution in [0.15, 0.2) is 28.7 Å². The molecule has 0 radical (unpaired) electrons. The molecule has 5 heteroatoms. The van der Waals surface area contributed by atoms with Gasteiger partial charge in [-0.05, 0) is 37.1 Å². The molecule has 18 heavy (non-hydrogen) atoms. The number of halogens is 1. The van der Waals surface area contributed by atoms with Gasteiger partial charge in [0.05, 0.1) is 13.7 Å². The average molecular weight is 314 g/mol. The Morgan fingerprint density at radius 2 is 2.17 bits per heavy atom. The predicted octanol–water partition coefficient (Wildman–Crippen LogP) is 2.58. The standard InChI is InChI=1S/C13H16BrNO3/c1-17-12(16)13(7-2-8-18-9-13)15-11-5-3-10(14)4-6-11/h3-6,15H,2,7-9H2,1H3. The lowest BCUT2D eigenvalue weighted by molar-refractivity contribution is -0.150. The summed E-state index contributed by atoms with van der Waals surface area (Å²) in [6.45, 7) is 1.04. The molecule has 0 saturated carbocycles. The summed E-state index contributed by atoms with van der Waals surface area (Å²) in [6.07, 6.45) is 1.56. The van der Waals surface area contributed by atoms with E-state index in [4.69, 9.17) is 9.47 Å². The molecule has 0 spiro atoms. The Kier molecular flexibility index (Phi) is 4.24. The van der Waals surface area contributed by atoms with E-state index in [0.29, 0.717) is 13.2 Å². The number of anilines is 1. The largest absolute Gasteiger partial charge is 0.467 e. The number of nitrogens with one attached hydrogen (secondary N) is 1. The zero-order chi connectivity index (χ0) is 13.0. The van der Waals surface area contributed by atoms with E-state index in [1.165, 1.54) is 7.11 Å². The van der Waals surface area contributed by atoms with E-state index < -0.39 is 5.54 Å². The molecule has 2 rings (SSSR count). The zero-order valence-electron chi connectivity index (χ0n) is 10.2. The summed E-state index contributed by atoms with van der Waals surface area (Å²) in [4.78, 5) is 12.0. The Bertz CT molecular complexity index is 413. The van der Waals surface area contributed by atoms with E-state index in [9.17, 15) is 4.79 Å². The molecule has 1 aromatic rings. The molecular formula is C13H16BrNO3. The molecule has 0 bridgehead atoms. The lowest BCUT2D eigenvalue weighted by Crippen LogP contribution is -2.53. The third kappa shape index (κ3) is 2.84. The van der Waals surface area contributed by atoms with Gasteiger partial charge in [-0.1, -0.05) is 15.9 Å². The SMILES string of the molecule is COC(=O)C1(Nc2ccc(Br)cc2)CCCOC1. The number of rotatable bonds is 3. The Balaban J connectivity index is 2.19. The Morgan fingerprint density at radius 1 is 1.44 bits per heavy atom. The van der Waals surface area contributed by atoms with Gasteiger partial charge in [0.15, 0.2) is 5.54 Å². The van der Waals surface area contributed by atoms with E-state index in [1.54, 1.807) is 0 Å². The highest BCUT2D eigenvalue weighted by atomic mass is 79.9. The maximum absolute atomic E-state index is 12.0. The van der Waals surface area contributed by atoms with Crippen molar-refractivity contribution in [2.45, 2.75) is 18.4 Å². The van der Waals surface area contributed by atoms with Crippen LogP contribution >= 0.6 is 15.9 Å². The minimum Gasteiger partial charge on any atom is -0.467 e. The van der Waals surface area contributed by atoms with Gasteiger partial charge in [0.25, 0.3) is 0 Å². The number of benzene rings is 1. The Morgan fingerprint density at radius 3 is 2.72 bits per heavy atom. The van der Waals surface area contributed by atoms with Crippen LogP contribution in [0.1, 0.15) is 12.8 Å². The first-order chi connectivity index (χ1) is 8.66. The van der Waals surface area contributed by atoms with E-state index >= 15 is 0 Å². The average Bonchev–Trinajstić information content (AvgIpc) is 2.41. The number of carbonyl (C=O) groups is 1. The van der Waals surface area contributed by atoms with E-state index in [2.05, 4.69) is 21.2 Å². The topological polar surface area (TPSA) is 47.6 Å². The van der Waals surface area contributed by atoms with E-state index in [1.807, 2.05) is 24.3 Å². The van der Waals surface area contributed by atoms with Crippen molar-refractivity contribution < 1.29 is 14.3 Å². The molecule has 0 aromatic heterocycles. The third-order valence-corrected chi connectivity index (χ3v) is 3.57. The molecule has 1 heterocycles. The quantitative estimate of drug-likeness (QED) is 0.871. The summed E-state index contributed by atoms with van der Waals surface area (Å²) in [5.41, 5.74) is 0.120. The predicted molar refractivity (Wildman–Crippen MR) is 72.6 cm³/mol. The second-order valence-electron chi connectivity index (χ2n) is 4.36. The number of hydrogen-bond acceptors (Lipinski definition) is 4. The molecule has 0 amide bonds. The first-order valence-electron chi connectivity index (χ1n) is 5.86. The first-order valence-corrected chi connectivity index (χ1v) is 6.65. The van der Waals surface area contributed by atoms with Crippen LogP contribution in [0.3, 0.4) is 0 Å². The number of carbonyl (C=O) groups excluding carboxylic acids is 1. The number of methoxy groups -OCH3 is 1. The van der Waals surface area contributed by atoms with Crippen molar-refractivity contribution >= 4 is 27.6 Å². The van der Waals surface area contributed by atoms with Gasteiger partial charge in [0, 0.05) is 16.8 Å². The van der Waals surface area contributed by atoms with Gasteiger partial charge in [-0.15, -0.1) is 0 Å². The second-order valence-corrected chi connectivity index (χ2v) is 5.28. The Hall–Kier alpha value is -1.07. The van der Waals surface area contributed by atoms with Crippen molar-refractivity contribution in [2.75, 3.05) is 25.6 Å². The normalized spacial score (nSPS) is 23.4. The van der Waals surface area contributed by atoms with Crippen LogP contribution in [0.2, 0.25) is 0 Å². The van der Waals surface area contributed by atoms with Crippen LogP contribution in [0, 0.1) is 0 Å². The first kappa shape index (κ1) is 13.4. The van der Waals surface area contributed by atoms with Crippen LogP contribution in [-0.2, 0) is 14.3 Å². The van der Waals surface area contributed by atoms with Gasteiger partial charge >= 0.3 is 5.97 Å². The molecule has 1 aromatic carbocycles. The van der Waals surface area contributed by atoms with Gasteiger partial charge in [-0.25, -0.2) is 4.79 Å². The fourth-order valence-corrected chi connectivity index (χ4v) is 2.37. The van der Waals surface area contributed by atoms with E-state index in [-0.39, 0.29) is 5.97 Å². The highest BCUT2D eigenvalue weighted by Gasteiger charge is 2.41. The van der Waals surface area contributed by atoms with Gasteiger partial charge in [-0.2, -0.15) is 0 Å². The fraction of sp³-hybridized carbons (Fsp3) is 0.462. The maximum Gasteiger partial charge on any atom is 0.333 e. The van der Waals surface area contributed by atoms with Gasteiger partial charge < -0.3 is 14.8 Å². The zero-order valence-corrected chi connectivity index (χ0v) is 11.8. The van der Waals surface area contributed by atoms with Gasteiger partial charge in [-0.3, -0.25) is 0 Å². The van der Waals surface area contributed by atoms with Crippen molar-refractivity contribution in [3.05, 3.63) is 28.7 Å². The van der Waals surface area contributed by atoms with Crippen molar-refractivity contribution in [1.82, 2.24) is 0 Å². The molecule has 0 aliphatic carbocycles. The Labute approximate surface area is 115 Å². The molecule has 1 aliphatic rings. The third-order valence-electron chi connectivity index (χ3n) is 3.04. The van der Waals surface area contributed by atoms with Gasteiger partial charge in [0.2, 0.25) is 0 Å². The monoisotopic (exact) mass is 313 g/mol.